The molecule has 0 fully saturated rings. The van der Waals surface area contributed by atoms with Crippen LogP contribution in [0.2, 0.25) is 0 Å². The Morgan fingerprint density at radius 1 is 1.29 bits per heavy atom. The van der Waals surface area contributed by atoms with Crippen LogP contribution in [0.4, 0.5) is 5.69 Å². The average molecular weight is 281 g/mol. The Kier molecular flexibility index (Phi) is 4.26. The van der Waals surface area contributed by atoms with Gasteiger partial charge in [-0.3, -0.25) is 9.98 Å². The van der Waals surface area contributed by atoms with Crippen LogP contribution in [0.3, 0.4) is 0 Å². The number of benzene rings is 1. The van der Waals surface area contributed by atoms with Gasteiger partial charge in [-0.05, 0) is 48.4 Å². The monoisotopic (exact) mass is 281 g/mol. The summed E-state index contributed by atoms with van der Waals surface area (Å²) in [6.07, 6.45) is 6.76. The van der Waals surface area contributed by atoms with Gasteiger partial charge in [0.1, 0.15) is 5.75 Å². The van der Waals surface area contributed by atoms with Crippen molar-refractivity contribution in [1.82, 2.24) is 10.3 Å². The van der Waals surface area contributed by atoms with E-state index in [1.807, 2.05) is 30.6 Å². The molecular weight excluding hydrogens is 262 g/mol. The van der Waals surface area contributed by atoms with E-state index in [1.54, 1.807) is 13.3 Å². The first-order chi connectivity index (χ1) is 10.4. The fourth-order valence-corrected chi connectivity index (χ4v) is 2.55. The smallest absolute Gasteiger partial charge is 0.119 e. The summed E-state index contributed by atoms with van der Waals surface area (Å²) >= 11 is 0. The number of aliphatic imine (C=N–C) groups is 1. The van der Waals surface area contributed by atoms with E-state index < -0.39 is 0 Å². The quantitative estimate of drug-likeness (QED) is 0.828. The minimum Gasteiger partial charge on any atom is -0.497 e. The molecule has 2 aromatic rings. The molecule has 0 unspecified atom stereocenters. The van der Waals surface area contributed by atoms with Crippen LogP contribution in [-0.4, -0.2) is 24.9 Å². The average Bonchev–Trinajstić information content (AvgIpc) is 2.95. The van der Waals surface area contributed by atoms with Crippen LogP contribution in [0.1, 0.15) is 23.5 Å². The maximum Gasteiger partial charge on any atom is 0.119 e. The molecule has 0 spiro atoms. The number of fused-ring (bicyclic) bond motifs is 1. The third-order valence-corrected chi connectivity index (χ3v) is 3.71. The Bertz CT molecular complexity index is 625. The lowest BCUT2D eigenvalue weighted by atomic mass is 9.97. The van der Waals surface area contributed by atoms with Crippen molar-refractivity contribution >= 4 is 11.9 Å². The van der Waals surface area contributed by atoms with E-state index in [0.717, 1.165) is 30.9 Å². The lowest BCUT2D eigenvalue weighted by Crippen LogP contribution is -2.17. The molecule has 1 N–H and O–H groups in total. The first-order valence-electron chi connectivity index (χ1n) is 7.18. The highest BCUT2D eigenvalue weighted by Gasteiger charge is 2.19. The number of ether oxygens (including phenoxy) is 1. The summed E-state index contributed by atoms with van der Waals surface area (Å²) in [7, 11) is 1.70. The molecule has 0 amide bonds. The van der Waals surface area contributed by atoms with Gasteiger partial charge in [0.2, 0.25) is 0 Å². The van der Waals surface area contributed by atoms with Crippen molar-refractivity contribution in [3.05, 3.63) is 53.9 Å². The van der Waals surface area contributed by atoms with Crippen molar-refractivity contribution in [2.24, 2.45) is 4.99 Å². The molecule has 0 aliphatic carbocycles. The summed E-state index contributed by atoms with van der Waals surface area (Å²) in [6, 6.07) is 10.1. The third kappa shape index (κ3) is 3.28. The van der Waals surface area contributed by atoms with Gasteiger partial charge in [0.25, 0.3) is 0 Å². The Morgan fingerprint density at radius 2 is 2.24 bits per heavy atom. The highest BCUT2D eigenvalue weighted by atomic mass is 16.5. The van der Waals surface area contributed by atoms with Gasteiger partial charge in [-0.2, -0.15) is 0 Å². The largest absolute Gasteiger partial charge is 0.497 e. The highest BCUT2D eigenvalue weighted by molar-refractivity contribution is 5.81. The molecule has 1 atom stereocenters. The highest BCUT2D eigenvalue weighted by Crippen LogP contribution is 2.36. The minimum absolute atomic E-state index is 0.372. The molecular formula is C17H19N3O. The number of pyridine rings is 1. The Hall–Kier alpha value is -2.20. The van der Waals surface area contributed by atoms with E-state index in [0.29, 0.717) is 5.92 Å². The first kappa shape index (κ1) is 13.8. The second-order valence-corrected chi connectivity index (χ2v) is 5.14. The van der Waals surface area contributed by atoms with Crippen molar-refractivity contribution in [2.45, 2.75) is 18.9 Å². The van der Waals surface area contributed by atoms with Gasteiger partial charge >= 0.3 is 0 Å². The second-order valence-electron chi connectivity index (χ2n) is 5.14. The zero-order chi connectivity index (χ0) is 14.5. The van der Waals surface area contributed by atoms with Crippen molar-refractivity contribution in [2.75, 3.05) is 13.7 Å². The Morgan fingerprint density at radius 3 is 3.05 bits per heavy atom. The Balaban J connectivity index is 1.53. The lowest BCUT2D eigenvalue weighted by Gasteiger charge is -2.11. The standard InChI is InChI=1S/C17H19N3O/c1-21-15-4-5-17-16(9-15)14(12-20-17)6-8-19-11-13-3-2-7-18-10-13/h2-5,7,9-10,12,14,19H,6,8,11H2,1H3/t14-/m0/s1. The predicted octanol–water partition coefficient (Wildman–Crippen LogP) is 3.07. The molecule has 1 aliphatic rings. The molecule has 1 aromatic heterocycles. The van der Waals surface area contributed by atoms with Crippen LogP contribution in [0.15, 0.2) is 47.7 Å². The fourth-order valence-electron chi connectivity index (χ4n) is 2.55. The second kappa shape index (κ2) is 6.50. The molecule has 2 heterocycles. The first-order valence-corrected chi connectivity index (χ1v) is 7.18. The summed E-state index contributed by atoms with van der Waals surface area (Å²) in [5.74, 6) is 1.27. The van der Waals surface area contributed by atoms with Gasteiger partial charge in [-0.25, -0.2) is 0 Å². The molecule has 21 heavy (non-hydrogen) atoms. The normalized spacial score (nSPS) is 16.0. The van der Waals surface area contributed by atoms with Gasteiger partial charge in [0, 0.05) is 31.1 Å². The van der Waals surface area contributed by atoms with Gasteiger partial charge in [-0.15, -0.1) is 0 Å². The number of aromatic nitrogens is 1. The lowest BCUT2D eigenvalue weighted by molar-refractivity contribution is 0.414. The van der Waals surface area contributed by atoms with Crippen molar-refractivity contribution in [3.63, 3.8) is 0 Å². The van der Waals surface area contributed by atoms with Gasteiger partial charge in [-0.1, -0.05) is 6.07 Å². The van der Waals surface area contributed by atoms with Crippen molar-refractivity contribution in [3.8, 4) is 5.75 Å². The number of methoxy groups -OCH3 is 1. The zero-order valence-corrected chi connectivity index (χ0v) is 12.1. The van der Waals surface area contributed by atoms with Gasteiger partial charge in [0.15, 0.2) is 0 Å². The summed E-state index contributed by atoms with van der Waals surface area (Å²) in [4.78, 5) is 8.59. The molecule has 4 heteroatoms. The van der Waals surface area contributed by atoms with E-state index >= 15 is 0 Å². The van der Waals surface area contributed by atoms with Crippen LogP contribution >= 0.6 is 0 Å². The van der Waals surface area contributed by atoms with Crippen molar-refractivity contribution < 1.29 is 4.74 Å². The molecule has 4 nitrogen and oxygen atoms in total. The van der Waals surface area contributed by atoms with Crippen LogP contribution < -0.4 is 10.1 Å². The molecule has 108 valence electrons. The third-order valence-electron chi connectivity index (χ3n) is 3.71. The fraction of sp³-hybridized carbons (Fsp3) is 0.294. The molecule has 0 bridgehead atoms. The maximum atomic E-state index is 5.29. The summed E-state index contributed by atoms with van der Waals surface area (Å²) in [5.41, 5.74) is 3.53. The molecule has 1 aromatic carbocycles. The summed E-state index contributed by atoms with van der Waals surface area (Å²) < 4.78 is 5.29. The van der Waals surface area contributed by atoms with Crippen LogP contribution in [0.5, 0.6) is 5.75 Å². The maximum absolute atomic E-state index is 5.29. The number of hydrogen-bond donors (Lipinski definition) is 1. The molecule has 0 radical (unpaired) electrons. The Labute approximate surface area is 124 Å². The summed E-state index contributed by atoms with van der Waals surface area (Å²) in [6.45, 7) is 1.80. The van der Waals surface area contributed by atoms with Crippen LogP contribution in [-0.2, 0) is 6.54 Å². The van der Waals surface area contributed by atoms with E-state index in [2.05, 4.69) is 27.4 Å². The van der Waals surface area contributed by atoms with E-state index in [1.165, 1.54) is 11.1 Å². The SMILES string of the molecule is COc1ccc2c(c1)[C@@H](CCNCc1cccnc1)C=N2. The van der Waals surface area contributed by atoms with Crippen LogP contribution in [0.25, 0.3) is 0 Å². The number of nitrogens with one attached hydrogen (secondary N) is 1. The molecule has 3 rings (SSSR count). The van der Waals surface area contributed by atoms with E-state index in [-0.39, 0.29) is 0 Å². The van der Waals surface area contributed by atoms with Crippen LogP contribution in [0, 0.1) is 0 Å². The van der Waals surface area contributed by atoms with Crippen molar-refractivity contribution in [1.29, 1.82) is 0 Å². The molecule has 0 saturated heterocycles. The molecule has 1 aliphatic heterocycles. The number of rotatable bonds is 6. The van der Waals surface area contributed by atoms with Gasteiger partial charge in [0.05, 0.1) is 12.8 Å². The van der Waals surface area contributed by atoms with Gasteiger partial charge < -0.3 is 10.1 Å². The topological polar surface area (TPSA) is 46.5 Å². The molecule has 0 saturated carbocycles. The number of hydrogen-bond acceptors (Lipinski definition) is 4. The zero-order valence-electron chi connectivity index (χ0n) is 12.1. The summed E-state index contributed by atoms with van der Waals surface area (Å²) in [5, 5.41) is 3.46. The number of nitrogens with zero attached hydrogens (tertiary/aromatic N) is 2. The van der Waals surface area contributed by atoms with E-state index in [4.69, 9.17) is 4.74 Å². The minimum atomic E-state index is 0.372. The van der Waals surface area contributed by atoms with E-state index in [9.17, 15) is 0 Å². The predicted molar refractivity (Wildman–Crippen MR) is 84.4 cm³/mol.